The van der Waals surface area contributed by atoms with E-state index in [9.17, 15) is 13.2 Å². The van der Waals surface area contributed by atoms with E-state index in [0.717, 1.165) is 16.7 Å². The van der Waals surface area contributed by atoms with Gasteiger partial charge in [-0.15, -0.1) is 13.2 Å². The summed E-state index contributed by atoms with van der Waals surface area (Å²) in [5.41, 5.74) is 9.00. The fourth-order valence-electron chi connectivity index (χ4n) is 4.22. The molecule has 36 heavy (non-hydrogen) atoms. The van der Waals surface area contributed by atoms with Crippen molar-refractivity contribution in [3.05, 3.63) is 83.7 Å². The fourth-order valence-corrected chi connectivity index (χ4v) is 4.22. The number of nitrogens with one attached hydrogen (secondary N) is 1. The molecular formula is C25H20F3N7O. The summed E-state index contributed by atoms with van der Waals surface area (Å²) in [4.78, 5) is 17.5. The van der Waals surface area contributed by atoms with Crippen LogP contribution in [0.1, 0.15) is 16.8 Å². The van der Waals surface area contributed by atoms with Crippen LogP contribution in [0.3, 0.4) is 0 Å². The normalized spacial score (nSPS) is 17.3. The minimum Gasteiger partial charge on any atom is -0.406 e. The number of alkyl halides is 3. The van der Waals surface area contributed by atoms with Crippen molar-refractivity contribution in [3.8, 4) is 28.5 Å². The van der Waals surface area contributed by atoms with E-state index in [2.05, 4.69) is 34.9 Å². The molecule has 2 aromatic heterocycles. The second kappa shape index (κ2) is 8.91. The zero-order valence-corrected chi connectivity index (χ0v) is 19.0. The molecule has 1 unspecified atom stereocenters. The summed E-state index contributed by atoms with van der Waals surface area (Å²) in [5.74, 6) is 0.508. The number of nitrogens with two attached hydrogens (primary N) is 1. The van der Waals surface area contributed by atoms with Crippen molar-refractivity contribution in [3.63, 3.8) is 0 Å². The highest BCUT2D eigenvalue weighted by Crippen LogP contribution is 2.38. The van der Waals surface area contributed by atoms with Gasteiger partial charge in [0.15, 0.2) is 11.6 Å². The van der Waals surface area contributed by atoms with E-state index in [4.69, 9.17) is 5.73 Å². The molecule has 5 rings (SSSR count). The van der Waals surface area contributed by atoms with Gasteiger partial charge in [-0.05, 0) is 48.4 Å². The first kappa shape index (κ1) is 23.2. The molecule has 1 atom stereocenters. The number of aromatic amines is 1. The van der Waals surface area contributed by atoms with Crippen LogP contribution in [0.4, 0.5) is 19.1 Å². The van der Waals surface area contributed by atoms with E-state index in [-0.39, 0.29) is 17.5 Å². The molecule has 0 saturated heterocycles. The number of allylic oxidation sites excluding steroid dienone is 1. The summed E-state index contributed by atoms with van der Waals surface area (Å²) in [5, 5.41) is 7.09. The van der Waals surface area contributed by atoms with E-state index in [1.165, 1.54) is 18.2 Å². The van der Waals surface area contributed by atoms with Gasteiger partial charge in [-0.2, -0.15) is 5.10 Å². The quantitative estimate of drug-likeness (QED) is 0.420. The second-order valence-corrected chi connectivity index (χ2v) is 8.23. The third-order valence-corrected chi connectivity index (χ3v) is 5.85. The van der Waals surface area contributed by atoms with Crippen LogP contribution in [0, 0.1) is 6.92 Å². The predicted octanol–water partition coefficient (Wildman–Crippen LogP) is 4.64. The number of aromatic nitrogens is 5. The number of halogens is 3. The van der Waals surface area contributed by atoms with Gasteiger partial charge in [0.1, 0.15) is 5.75 Å². The average molecular weight is 491 g/mol. The maximum atomic E-state index is 12.6. The minimum atomic E-state index is -4.79. The van der Waals surface area contributed by atoms with Crippen LogP contribution in [0.25, 0.3) is 22.8 Å². The van der Waals surface area contributed by atoms with Crippen LogP contribution >= 0.6 is 0 Å². The smallest absolute Gasteiger partial charge is 0.406 e. The molecule has 11 heteroatoms. The Morgan fingerprint density at radius 1 is 1.06 bits per heavy atom. The number of nitrogens with zero attached hydrogens (tertiary/aromatic N) is 5. The average Bonchev–Trinajstić information content (AvgIpc) is 3.34. The number of aryl methyl sites for hydroxylation is 1. The van der Waals surface area contributed by atoms with Gasteiger partial charge in [0, 0.05) is 23.5 Å². The Kier molecular flexibility index (Phi) is 5.75. The van der Waals surface area contributed by atoms with Crippen LogP contribution in [-0.4, -0.2) is 44.3 Å². The molecule has 1 aliphatic heterocycles. The van der Waals surface area contributed by atoms with Gasteiger partial charge in [0.05, 0.1) is 17.7 Å². The molecule has 0 amide bonds. The van der Waals surface area contributed by atoms with Gasteiger partial charge in [-0.25, -0.2) is 15.0 Å². The molecule has 0 aliphatic carbocycles. The Hall–Kier alpha value is -4.54. The Labute approximate surface area is 203 Å². The van der Waals surface area contributed by atoms with Gasteiger partial charge in [-0.3, -0.25) is 10.1 Å². The molecule has 1 aliphatic rings. The fraction of sp³-hybridized carbons (Fsp3) is 0.160. The lowest BCUT2D eigenvalue weighted by molar-refractivity contribution is -0.274. The van der Waals surface area contributed by atoms with Gasteiger partial charge in [0.2, 0.25) is 5.95 Å². The molecular weight excluding hydrogens is 471 g/mol. The van der Waals surface area contributed by atoms with Gasteiger partial charge < -0.3 is 10.5 Å². The Bertz CT molecular complexity index is 1480. The molecule has 0 fully saturated rings. The van der Waals surface area contributed by atoms with Crippen LogP contribution in [0.2, 0.25) is 0 Å². The molecule has 2 aromatic carbocycles. The highest BCUT2D eigenvalue weighted by atomic mass is 19.4. The third kappa shape index (κ3) is 4.54. The molecule has 0 spiro atoms. The van der Waals surface area contributed by atoms with Crippen molar-refractivity contribution in [2.75, 3.05) is 12.3 Å². The lowest BCUT2D eigenvalue weighted by Gasteiger charge is -2.32. The zero-order chi connectivity index (χ0) is 25.3. The van der Waals surface area contributed by atoms with E-state index < -0.39 is 11.8 Å². The van der Waals surface area contributed by atoms with Crippen molar-refractivity contribution in [2.45, 2.75) is 18.7 Å². The lowest BCUT2D eigenvalue weighted by Crippen LogP contribution is -2.33. The van der Waals surface area contributed by atoms with E-state index in [0.29, 0.717) is 23.6 Å². The van der Waals surface area contributed by atoms with E-state index >= 15 is 0 Å². The summed E-state index contributed by atoms with van der Waals surface area (Å²) >= 11 is 0. The first-order valence-corrected chi connectivity index (χ1v) is 10.9. The second-order valence-electron chi connectivity index (χ2n) is 8.23. The SMILES string of the molecule is Cc1ccc(-c2nc(-c3cccc(OC(F)(F)F)c3)n[nH]2)cc1C1(c2ccnc(N)n2)C=CC=NC1. The lowest BCUT2D eigenvalue weighted by atomic mass is 9.74. The van der Waals surface area contributed by atoms with Crippen molar-refractivity contribution >= 4 is 12.2 Å². The van der Waals surface area contributed by atoms with E-state index in [1.807, 2.05) is 43.3 Å². The summed E-state index contributed by atoms with van der Waals surface area (Å²) in [6, 6.07) is 13.2. The first-order valence-electron chi connectivity index (χ1n) is 10.9. The van der Waals surface area contributed by atoms with Gasteiger partial charge in [-0.1, -0.05) is 30.3 Å². The maximum Gasteiger partial charge on any atom is 0.573 e. The van der Waals surface area contributed by atoms with Crippen LogP contribution in [0.5, 0.6) is 5.75 Å². The maximum absolute atomic E-state index is 12.6. The molecule has 4 aromatic rings. The highest BCUT2D eigenvalue weighted by Gasteiger charge is 2.36. The van der Waals surface area contributed by atoms with E-state index in [1.54, 1.807) is 18.5 Å². The third-order valence-electron chi connectivity index (χ3n) is 5.85. The Morgan fingerprint density at radius 2 is 1.92 bits per heavy atom. The number of benzene rings is 2. The van der Waals surface area contributed by atoms with Gasteiger partial charge >= 0.3 is 6.36 Å². The first-order chi connectivity index (χ1) is 17.2. The molecule has 0 bridgehead atoms. The van der Waals surface area contributed by atoms with Crippen molar-refractivity contribution < 1.29 is 17.9 Å². The zero-order valence-electron chi connectivity index (χ0n) is 19.0. The molecule has 3 N–H and O–H groups in total. The number of H-pyrrole nitrogens is 1. The van der Waals surface area contributed by atoms with Crippen molar-refractivity contribution in [1.82, 2.24) is 25.1 Å². The topological polar surface area (TPSA) is 115 Å². The standard InChI is InChI=1S/C25H20F3N7O/c1-15-6-7-17(13-19(15)24(9-3-10-30-14-24)20-8-11-31-23(29)32-20)22-33-21(34-35-22)16-4-2-5-18(12-16)36-25(26,27)28/h2-13H,14H2,1H3,(H2,29,31,32)(H,33,34,35). The van der Waals surface area contributed by atoms with Crippen molar-refractivity contribution in [2.24, 2.45) is 4.99 Å². The number of aliphatic imine (C=N–C) groups is 1. The number of anilines is 1. The number of dihydropyridines is 1. The van der Waals surface area contributed by atoms with Gasteiger partial charge in [0.25, 0.3) is 0 Å². The van der Waals surface area contributed by atoms with Crippen LogP contribution in [0.15, 0.2) is 71.9 Å². The largest absolute Gasteiger partial charge is 0.573 e. The summed E-state index contributed by atoms with van der Waals surface area (Å²) in [6.45, 7) is 2.42. The number of rotatable bonds is 5. The minimum absolute atomic E-state index is 0.167. The Balaban J connectivity index is 1.54. The number of nitrogen functional groups attached to an aromatic ring is 1. The molecule has 8 nitrogen and oxygen atoms in total. The van der Waals surface area contributed by atoms with Crippen LogP contribution < -0.4 is 10.5 Å². The molecule has 0 radical (unpaired) electrons. The summed E-state index contributed by atoms with van der Waals surface area (Å²) in [6.07, 6.45) is 2.47. The predicted molar refractivity (Wildman–Crippen MR) is 128 cm³/mol. The summed E-state index contributed by atoms with van der Waals surface area (Å²) < 4.78 is 41.8. The monoisotopic (exact) mass is 491 g/mol. The molecule has 3 heterocycles. The van der Waals surface area contributed by atoms with Crippen molar-refractivity contribution in [1.29, 1.82) is 0 Å². The highest BCUT2D eigenvalue weighted by molar-refractivity contribution is 5.74. The molecule has 0 saturated carbocycles. The molecule has 182 valence electrons. The number of ether oxygens (including phenoxy) is 1. The summed E-state index contributed by atoms with van der Waals surface area (Å²) in [7, 11) is 0. The Morgan fingerprint density at radius 3 is 2.67 bits per heavy atom. The number of hydrogen-bond donors (Lipinski definition) is 2. The van der Waals surface area contributed by atoms with Crippen LogP contribution in [-0.2, 0) is 5.41 Å². The number of hydrogen-bond acceptors (Lipinski definition) is 7.